The van der Waals surface area contributed by atoms with E-state index in [1.54, 1.807) is 18.5 Å². The number of nitrogens with one attached hydrogen (secondary N) is 2. The Morgan fingerprint density at radius 2 is 2.18 bits per heavy atom. The second kappa shape index (κ2) is 5.36. The Bertz CT molecular complexity index is 246. The Balaban J connectivity index is 0.000000218. The summed E-state index contributed by atoms with van der Waals surface area (Å²) in [5.74, 6) is -0.333. The van der Waals surface area contributed by atoms with Gasteiger partial charge in [-0.1, -0.05) is 0 Å². The van der Waals surface area contributed by atoms with Gasteiger partial charge >= 0.3 is 0 Å². The lowest BCUT2D eigenvalue weighted by molar-refractivity contribution is 1.13. The van der Waals surface area contributed by atoms with Gasteiger partial charge in [-0.05, 0) is 18.3 Å². The van der Waals surface area contributed by atoms with Gasteiger partial charge < -0.3 is 16.5 Å². The average molecular weight is 171 g/mol. The molecule has 0 aliphatic rings. The maximum Gasteiger partial charge on any atom is 0.196 e. The third-order valence-corrected chi connectivity index (χ3v) is 0.804. The van der Waals surface area contributed by atoms with Crippen LogP contribution in [-0.2, 0) is 0 Å². The van der Waals surface area contributed by atoms with Crippen LogP contribution in [0.25, 0.3) is 0 Å². The number of hydrogen-bond donors (Lipinski definition) is 4. The molecule has 0 saturated carbocycles. The van der Waals surface area contributed by atoms with E-state index >= 15 is 0 Å². The monoisotopic (exact) mass is 171 g/mol. The summed E-state index contributed by atoms with van der Waals surface area (Å²) in [5, 5.41) is 6.06. The molecule has 0 spiro atoms. The molecule has 6 N–H and O–H groups in total. The lowest BCUT2D eigenvalue weighted by Crippen LogP contribution is -2.20. The first kappa shape index (κ1) is 9.57. The predicted molar refractivity (Wildman–Crippen MR) is 45.5 cm³/mol. The molecule has 0 amide bonds. The van der Waals surface area contributed by atoms with Crippen LogP contribution in [0.4, 0.5) is 0 Å². The first-order chi connectivity index (χ1) is 5.13. The molecule has 6 heteroatoms. The fourth-order valence-electron chi connectivity index (χ4n) is 0.310. The van der Waals surface area contributed by atoms with Gasteiger partial charge in [0, 0.05) is 12.4 Å². The van der Waals surface area contributed by atoms with E-state index in [2.05, 4.69) is 33.7 Å². The molecule has 0 atom stereocenters. The van der Waals surface area contributed by atoms with Crippen LogP contribution in [0.2, 0.25) is 0 Å². The Morgan fingerprint density at radius 1 is 1.64 bits per heavy atom. The molecule has 0 fully saturated rings. The summed E-state index contributed by atoms with van der Waals surface area (Å²) in [4.78, 5) is 6.47. The van der Waals surface area contributed by atoms with Crippen LogP contribution in [0, 0.1) is 10.2 Å². The van der Waals surface area contributed by atoms with Crippen molar-refractivity contribution < 1.29 is 0 Å². The van der Waals surface area contributed by atoms with Crippen LogP contribution in [0.5, 0.6) is 0 Å². The van der Waals surface area contributed by atoms with Crippen molar-refractivity contribution in [1.82, 2.24) is 9.97 Å². The minimum atomic E-state index is -0.333. The van der Waals surface area contributed by atoms with E-state index in [1.165, 1.54) is 0 Å². The van der Waals surface area contributed by atoms with Gasteiger partial charge in [-0.2, -0.15) is 0 Å². The van der Waals surface area contributed by atoms with Crippen LogP contribution in [0.1, 0.15) is 0 Å². The molecule has 5 nitrogen and oxygen atoms in total. The smallest absolute Gasteiger partial charge is 0.196 e. The number of rotatable bonds is 0. The van der Waals surface area contributed by atoms with E-state index in [-0.39, 0.29) is 5.96 Å². The van der Waals surface area contributed by atoms with E-state index in [1.807, 2.05) is 0 Å². The Labute approximate surface area is 69.0 Å². The van der Waals surface area contributed by atoms with Crippen LogP contribution >= 0.6 is 12.2 Å². The third-order valence-electron chi connectivity index (χ3n) is 0.581. The topological polar surface area (TPSA) is 105 Å². The van der Waals surface area contributed by atoms with Crippen molar-refractivity contribution in [3.63, 3.8) is 0 Å². The summed E-state index contributed by atoms with van der Waals surface area (Å²) in [6, 6.07) is 1.79. The lowest BCUT2D eigenvalue weighted by Gasteiger charge is -1.75. The highest BCUT2D eigenvalue weighted by atomic mass is 32.1. The largest absolute Gasteiger partial charge is 0.370 e. The molecule has 0 bridgehead atoms. The highest BCUT2D eigenvalue weighted by Crippen LogP contribution is 1.73. The molecule has 0 saturated heterocycles. The van der Waals surface area contributed by atoms with Crippen LogP contribution < -0.4 is 11.5 Å². The van der Waals surface area contributed by atoms with Crippen molar-refractivity contribution in [2.75, 3.05) is 0 Å². The molecule has 60 valence electrons. The fraction of sp³-hybridized carbons (Fsp3) is 0. The van der Waals surface area contributed by atoms with Gasteiger partial charge in [0.05, 0.1) is 0 Å². The maximum atomic E-state index is 6.06. The van der Waals surface area contributed by atoms with E-state index < -0.39 is 0 Å². The van der Waals surface area contributed by atoms with Crippen molar-refractivity contribution in [3.8, 4) is 0 Å². The molecule has 1 aromatic rings. The van der Waals surface area contributed by atoms with Crippen LogP contribution in [-0.4, -0.2) is 15.9 Å². The van der Waals surface area contributed by atoms with Gasteiger partial charge in [-0.25, -0.2) is 4.98 Å². The number of hydrogen-bond acceptors (Lipinski definition) is 3. The molecule has 0 aliphatic heterocycles. The van der Waals surface area contributed by atoms with Crippen molar-refractivity contribution in [1.29, 1.82) is 5.41 Å². The second-order valence-electron chi connectivity index (χ2n) is 1.54. The number of aromatic nitrogens is 2. The highest BCUT2D eigenvalue weighted by Gasteiger charge is 1.66. The van der Waals surface area contributed by atoms with E-state index in [9.17, 15) is 0 Å². The zero-order valence-electron chi connectivity index (χ0n) is 5.74. The SMILES string of the molecule is N=C(N)N.S=c1nccc[nH]1. The van der Waals surface area contributed by atoms with Crippen LogP contribution in [0.15, 0.2) is 18.5 Å². The molecule has 0 unspecified atom stereocenters. The van der Waals surface area contributed by atoms with Crippen molar-refractivity contribution in [2.24, 2.45) is 11.5 Å². The molecule has 0 aliphatic carbocycles. The summed E-state index contributed by atoms with van der Waals surface area (Å²) in [5.41, 5.74) is 8.94. The number of aromatic amines is 1. The maximum absolute atomic E-state index is 6.06. The summed E-state index contributed by atoms with van der Waals surface area (Å²) in [6.07, 6.45) is 3.40. The second-order valence-corrected chi connectivity index (χ2v) is 1.93. The van der Waals surface area contributed by atoms with E-state index in [4.69, 9.17) is 5.41 Å². The van der Waals surface area contributed by atoms with Gasteiger partial charge in [0.25, 0.3) is 0 Å². The molecule has 1 aromatic heterocycles. The van der Waals surface area contributed by atoms with Gasteiger partial charge in [0.15, 0.2) is 10.7 Å². The van der Waals surface area contributed by atoms with E-state index in [0.717, 1.165) is 0 Å². The zero-order chi connectivity index (χ0) is 8.69. The molecule has 1 rings (SSSR count). The fourth-order valence-corrected chi connectivity index (χ4v) is 0.439. The number of nitrogens with zero attached hydrogens (tertiary/aromatic N) is 1. The minimum absolute atomic E-state index is 0.333. The predicted octanol–water partition coefficient (Wildman–Crippen LogP) is -0.0222. The molecule has 1 heterocycles. The summed E-state index contributed by atoms with van der Waals surface area (Å²) in [6.45, 7) is 0. The Hall–Kier alpha value is -1.43. The quantitative estimate of drug-likeness (QED) is 0.250. The summed E-state index contributed by atoms with van der Waals surface area (Å²) >= 11 is 4.65. The molecule has 11 heavy (non-hydrogen) atoms. The normalized spacial score (nSPS) is 7.64. The van der Waals surface area contributed by atoms with E-state index in [0.29, 0.717) is 4.77 Å². The van der Waals surface area contributed by atoms with Crippen molar-refractivity contribution in [3.05, 3.63) is 23.2 Å². The third kappa shape index (κ3) is 8.57. The van der Waals surface area contributed by atoms with Gasteiger partial charge in [0.2, 0.25) is 0 Å². The summed E-state index contributed by atoms with van der Waals surface area (Å²) in [7, 11) is 0. The number of H-pyrrole nitrogens is 1. The molecular formula is C5H9N5S. The average Bonchev–Trinajstić information content (AvgIpc) is 1.87. The number of nitrogens with two attached hydrogens (primary N) is 2. The standard InChI is InChI=1S/C4H4N2S.CH5N3/c7-4-5-2-1-3-6-4;2-1(3)4/h1-3H,(H,5,6,7);(H5,2,3,4). The van der Waals surface area contributed by atoms with Gasteiger partial charge in [0.1, 0.15) is 0 Å². The van der Waals surface area contributed by atoms with Crippen molar-refractivity contribution in [2.45, 2.75) is 0 Å². The lowest BCUT2D eigenvalue weighted by atomic mass is 10.7. The first-order valence-corrected chi connectivity index (χ1v) is 3.13. The Kier molecular flexibility index (Phi) is 4.67. The minimum Gasteiger partial charge on any atom is -0.370 e. The highest BCUT2D eigenvalue weighted by molar-refractivity contribution is 7.71. The van der Waals surface area contributed by atoms with Gasteiger partial charge in [-0.15, -0.1) is 0 Å². The van der Waals surface area contributed by atoms with Gasteiger partial charge in [-0.3, -0.25) is 5.41 Å². The molecular weight excluding hydrogens is 162 g/mol. The Morgan fingerprint density at radius 3 is 2.36 bits per heavy atom. The zero-order valence-corrected chi connectivity index (χ0v) is 6.56. The molecule has 0 aromatic carbocycles. The first-order valence-electron chi connectivity index (χ1n) is 2.72. The van der Waals surface area contributed by atoms with Crippen LogP contribution in [0.3, 0.4) is 0 Å². The number of guanidine groups is 1. The summed E-state index contributed by atoms with van der Waals surface area (Å²) < 4.78 is 0.530. The molecule has 0 radical (unpaired) electrons. The van der Waals surface area contributed by atoms with Crippen molar-refractivity contribution >= 4 is 18.2 Å².